The molecule has 0 bridgehead atoms. The predicted molar refractivity (Wildman–Crippen MR) is 147 cm³/mol. The Hall–Kier alpha value is -0.120. The van der Waals surface area contributed by atoms with Gasteiger partial charge >= 0.3 is 0 Å². The lowest BCUT2D eigenvalue weighted by molar-refractivity contribution is -0.141. The Bertz CT molecular complexity index is 1070. The van der Waals surface area contributed by atoms with Crippen LogP contribution in [0.4, 0.5) is 0 Å². The molecular weight excluding hydrogens is 687 g/mol. The van der Waals surface area contributed by atoms with Crippen molar-refractivity contribution >= 4 is 128 Å². The van der Waals surface area contributed by atoms with Crippen molar-refractivity contribution in [1.29, 1.82) is 0 Å². The minimum absolute atomic E-state index is 0.0245. The molecule has 6 nitrogen and oxygen atoms in total. The van der Waals surface area contributed by atoms with Crippen LogP contribution in [0.25, 0.3) is 0 Å². The fraction of sp³-hybridized carbons (Fsp3) is 0.300. The van der Waals surface area contributed by atoms with Gasteiger partial charge in [-0.3, -0.25) is 9.59 Å². The molecule has 1 fully saturated rings. The number of rotatable bonds is 6. The van der Waals surface area contributed by atoms with Gasteiger partial charge in [-0.2, -0.15) is 0 Å². The summed E-state index contributed by atoms with van der Waals surface area (Å²) in [4.78, 5) is 28.3. The molecule has 1 aliphatic rings. The van der Waals surface area contributed by atoms with Crippen LogP contribution < -0.4 is 9.47 Å². The SMILES string of the molecule is O=C(COc1c(Cl)c(Cl)c(Cl)c(Cl)c1Cl)N1CCN(C(=O)COc2c(Cl)c(Cl)c(Cl)c(Cl)c2Cl)CC1. The van der Waals surface area contributed by atoms with Crippen LogP contribution in [0, 0.1) is 0 Å². The Morgan fingerprint density at radius 1 is 0.472 bits per heavy atom. The average molecular weight is 699 g/mol. The lowest BCUT2D eigenvalue weighted by atomic mass is 10.3. The summed E-state index contributed by atoms with van der Waals surface area (Å²) in [5, 5.41) is -0.501. The fourth-order valence-corrected chi connectivity index (χ4v) is 5.54. The first-order chi connectivity index (χ1) is 16.9. The summed E-state index contributed by atoms with van der Waals surface area (Å²) in [6, 6.07) is 0. The van der Waals surface area contributed by atoms with Crippen molar-refractivity contribution in [2.24, 2.45) is 0 Å². The Kier molecular flexibility index (Phi) is 10.8. The van der Waals surface area contributed by atoms with Crippen molar-refractivity contribution in [3.8, 4) is 11.5 Å². The number of halogens is 10. The molecule has 0 N–H and O–H groups in total. The third-order valence-corrected chi connectivity index (χ3v) is 9.49. The Labute approximate surface area is 256 Å². The molecule has 2 amide bonds. The molecule has 1 saturated heterocycles. The van der Waals surface area contributed by atoms with Gasteiger partial charge in [-0.25, -0.2) is 0 Å². The van der Waals surface area contributed by atoms with Crippen molar-refractivity contribution in [3.05, 3.63) is 50.2 Å². The van der Waals surface area contributed by atoms with Crippen LogP contribution >= 0.6 is 116 Å². The number of ether oxygens (including phenoxy) is 2. The first-order valence-electron chi connectivity index (χ1n) is 9.70. The molecule has 16 heteroatoms. The summed E-state index contributed by atoms with van der Waals surface area (Å²) in [7, 11) is 0. The number of amides is 2. The molecule has 0 spiro atoms. The quantitative estimate of drug-likeness (QED) is 0.225. The summed E-state index contributed by atoms with van der Waals surface area (Å²) in [6.45, 7) is 0.213. The molecule has 196 valence electrons. The fourth-order valence-electron chi connectivity index (χ4n) is 3.08. The number of carbonyl (C=O) groups is 2. The van der Waals surface area contributed by atoms with E-state index in [4.69, 9.17) is 125 Å². The highest BCUT2D eigenvalue weighted by atomic mass is 35.5. The summed E-state index contributed by atoms with van der Waals surface area (Å²) in [5.41, 5.74) is 0. The van der Waals surface area contributed by atoms with Gasteiger partial charge in [0.05, 0.1) is 30.1 Å². The van der Waals surface area contributed by atoms with Gasteiger partial charge in [0.15, 0.2) is 24.7 Å². The molecule has 3 rings (SSSR count). The lowest BCUT2D eigenvalue weighted by Gasteiger charge is -2.34. The topological polar surface area (TPSA) is 59.1 Å². The lowest BCUT2D eigenvalue weighted by Crippen LogP contribution is -2.52. The molecule has 2 aromatic carbocycles. The van der Waals surface area contributed by atoms with Gasteiger partial charge in [-0.1, -0.05) is 116 Å². The van der Waals surface area contributed by atoms with Crippen LogP contribution in [0.15, 0.2) is 0 Å². The summed E-state index contributed by atoms with van der Waals surface area (Å²) >= 11 is 60.4. The van der Waals surface area contributed by atoms with Crippen molar-refractivity contribution in [2.75, 3.05) is 39.4 Å². The van der Waals surface area contributed by atoms with E-state index in [1.165, 1.54) is 9.80 Å². The van der Waals surface area contributed by atoms with Crippen LogP contribution in [0.1, 0.15) is 0 Å². The van der Waals surface area contributed by atoms with Gasteiger partial charge in [0, 0.05) is 26.2 Å². The zero-order chi connectivity index (χ0) is 26.9. The van der Waals surface area contributed by atoms with E-state index in [0.29, 0.717) is 0 Å². The van der Waals surface area contributed by atoms with E-state index in [9.17, 15) is 9.59 Å². The van der Waals surface area contributed by atoms with Crippen LogP contribution in [0.2, 0.25) is 50.2 Å². The Morgan fingerprint density at radius 3 is 0.944 bits per heavy atom. The van der Waals surface area contributed by atoms with Crippen LogP contribution in [-0.4, -0.2) is 61.0 Å². The molecule has 36 heavy (non-hydrogen) atoms. The molecule has 0 radical (unpaired) electrons. The smallest absolute Gasteiger partial charge is 0.260 e. The Balaban J connectivity index is 1.54. The molecule has 2 aromatic rings. The number of piperazine rings is 1. The van der Waals surface area contributed by atoms with Gasteiger partial charge in [-0.05, 0) is 0 Å². The number of benzene rings is 2. The maximum absolute atomic E-state index is 12.6. The van der Waals surface area contributed by atoms with Crippen molar-refractivity contribution in [2.45, 2.75) is 0 Å². The zero-order valence-electron chi connectivity index (χ0n) is 17.5. The third kappa shape index (κ3) is 6.36. The van der Waals surface area contributed by atoms with E-state index in [1.807, 2.05) is 0 Å². The van der Waals surface area contributed by atoms with Gasteiger partial charge < -0.3 is 19.3 Å². The van der Waals surface area contributed by atoms with E-state index in [0.717, 1.165) is 0 Å². The van der Waals surface area contributed by atoms with Crippen molar-refractivity contribution in [1.82, 2.24) is 9.80 Å². The van der Waals surface area contributed by atoms with E-state index in [-0.39, 0.29) is 113 Å². The highest BCUT2D eigenvalue weighted by Gasteiger charge is 2.27. The average Bonchev–Trinajstić information content (AvgIpc) is 2.88. The maximum Gasteiger partial charge on any atom is 0.260 e. The number of carbonyl (C=O) groups excluding carboxylic acids is 2. The van der Waals surface area contributed by atoms with Crippen LogP contribution in [-0.2, 0) is 9.59 Å². The van der Waals surface area contributed by atoms with Gasteiger partial charge in [0.25, 0.3) is 11.8 Å². The molecule has 0 aromatic heterocycles. The van der Waals surface area contributed by atoms with E-state index in [1.54, 1.807) is 0 Å². The van der Waals surface area contributed by atoms with E-state index >= 15 is 0 Å². The minimum Gasteiger partial charge on any atom is -0.481 e. The zero-order valence-corrected chi connectivity index (χ0v) is 25.1. The molecule has 1 aliphatic heterocycles. The first kappa shape index (κ1) is 30.4. The predicted octanol–water partition coefficient (Wildman–Crippen LogP) is 8.35. The summed E-state index contributed by atoms with van der Waals surface area (Å²) in [5.74, 6) is -0.845. The number of hydrogen-bond donors (Lipinski definition) is 0. The molecule has 0 aliphatic carbocycles. The second-order valence-electron chi connectivity index (χ2n) is 7.14. The number of nitrogens with zero attached hydrogens (tertiary/aromatic N) is 2. The highest BCUT2D eigenvalue weighted by molar-refractivity contribution is 6.56. The molecule has 0 atom stereocenters. The van der Waals surface area contributed by atoms with Crippen LogP contribution in [0.3, 0.4) is 0 Å². The third-order valence-electron chi connectivity index (χ3n) is 5.00. The van der Waals surface area contributed by atoms with Gasteiger partial charge in [0.2, 0.25) is 0 Å². The first-order valence-corrected chi connectivity index (χ1v) is 13.5. The maximum atomic E-state index is 12.6. The van der Waals surface area contributed by atoms with Crippen molar-refractivity contribution in [3.63, 3.8) is 0 Å². The second kappa shape index (κ2) is 12.8. The summed E-state index contributed by atoms with van der Waals surface area (Å²) in [6.07, 6.45) is 0. The van der Waals surface area contributed by atoms with Gasteiger partial charge in [0.1, 0.15) is 20.1 Å². The molecule has 0 unspecified atom stereocenters. The molecular formula is C20H12Cl10N2O4. The molecule has 0 saturated carbocycles. The van der Waals surface area contributed by atoms with Crippen LogP contribution in [0.5, 0.6) is 11.5 Å². The Morgan fingerprint density at radius 2 is 0.694 bits per heavy atom. The largest absolute Gasteiger partial charge is 0.481 e. The van der Waals surface area contributed by atoms with E-state index < -0.39 is 0 Å². The second-order valence-corrected chi connectivity index (χ2v) is 10.9. The molecule has 1 heterocycles. The summed E-state index contributed by atoms with van der Waals surface area (Å²) < 4.78 is 10.9. The van der Waals surface area contributed by atoms with Gasteiger partial charge in [-0.15, -0.1) is 0 Å². The van der Waals surface area contributed by atoms with Crippen molar-refractivity contribution < 1.29 is 19.1 Å². The minimum atomic E-state index is -0.389. The van der Waals surface area contributed by atoms with E-state index in [2.05, 4.69) is 0 Å². The normalized spacial score (nSPS) is 13.7. The highest BCUT2D eigenvalue weighted by Crippen LogP contribution is 2.49. The number of hydrogen-bond acceptors (Lipinski definition) is 4. The monoisotopic (exact) mass is 694 g/mol. The standard InChI is InChI=1S/C20H12Cl10N2O4/c21-9-11(23)15(27)19(16(28)12(9)24)35-5-7(33)31-1-2-32(4-3-31)8(34)6-36-20-17(29)13(25)10(22)14(26)18(20)30/h1-6H2.